The molecule has 1 aromatic rings. The average molecular weight is 338 g/mol. The first-order valence-electron chi connectivity index (χ1n) is 9.81. The third-order valence-corrected chi connectivity index (χ3v) is 7.16. The van der Waals surface area contributed by atoms with Gasteiger partial charge in [0.2, 0.25) is 5.91 Å². The van der Waals surface area contributed by atoms with Gasteiger partial charge >= 0.3 is 0 Å². The molecule has 6 rings (SSSR count). The Morgan fingerprint density at radius 3 is 2.32 bits per heavy atom. The van der Waals surface area contributed by atoms with E-state index >= 15 is 0 Å². The van der Waals surface area contributed by atoms with E-state index in [0.717, 1.165) is 48.3 Å². The SMILES string of the molecule is CCN1C(=O)[C@@H](NC(=O)C23CC4CC(CC(C4)C2)C3)c2ccccc21. The first kappa shape index (κ1) is 15.4. The molecule has 4 heteroatoms. The van der Waals surface area contributed by atoms with Crippen molar-refractivity contribution >= 4 is 17.5 Å². The average Bonchev–Trinajstić information content (AvgIpc) is 2.85. The lowest BCUT2D eigenvalue weighted by molar-refractivity contribution is -0.148. The molecular weight excluding hydrogens is 312 g/mol. The Balaban J connectivity index is 1.42. The number of rotatable bonds is 3. The molecule has 0 radical (unpaired) electrons. The minimum atomic E-state index is -0.503. The highest BCUT2D eigenvalue weighted by atomic mass is 16.2. The molecule has 4 fully saturated rings. The van der Waals surface area contributed by atoms with Gasteiger partial charge in [-0.2, -0.15) is 0 Å². The second-order valence-electron chi connectivity index (χ2n) is 8.75. The smallest absolute Gasteiger partial charge is 0.254 e. The van der Waals surface area contributed by atoms with Crippen LogP contribution in [-0.4, -0.2) is 18.4 Å². The Morgan fingerprint density at radius 2 is 1.72 bits per heavy atom. The van der Waals surface area contributed by atoms with E-state index in [1.807, 2.05) is 31.2 Å². The number of anilines is 1. The van der Waals surface area contributed by atoms with Gasteiger partial charge in [0, 0.05) is 23.2 Å². The largest absolute Gasteiger partial charge is 0.340 e. The molecule has 0 spiro atoms. The molecule has 0 saturated heterocycles. The van der Waals surface area contributed by atoms with Gasteiger partial charge in [-0.15, -0.1) is 0 Å². The van der Waals surface area contributed by atoms with E-state index in [9.17, 15) is 9.59 Å². The van der Waals surface area contributed by atoms with E-state index in [1.165, 1.54) is 19.3 Å². The summed E-state index contributed by atoms with van der Waals surface area (Å²) in [5, 5.41) is 3.18. The van der Waals surface area contributed by atoms with Crippen LogP contribution in [-0.2, 0) is 9.59 Å². The Morgan fingerprint density at radius 1 is 1.12 bits per heavy atom. The van der Waals surface area contributed by atoms with Crippen LogP contribution >= 0.6 is 0 Å². The normalized spacial score (nSPS) is 38.1. The predicted octanol–water partition coefficient (Wildman–Crippen LogP) is 3.43. The molecule has 1 aromatic carbocycles. The number of benzene rings is 1. The standard InChI is InChI=1S/C21H26N2O2/c1-2-23-17-6-4-3-5-16(17)18(19(23)24)22-20(25)21-10-13-7-14(11-21)9-15(8-13)12-21/h3-6,13-15,18H,2,7-12H2,1H3,(H,22,25)/t13?,14?,15?,18-,21?/m0/s1. The van der Waals surface area contributed by atoms with E-state index in [-0.39, 0.29) is 17.2 Å². The Hall–Kier alpha value is -1.84. The second-order valence-corrected chi connectivity index (χ2v) is 8.75. The Kier molecular flexibility index (Phi) is 3.28. The fourth-order valence-electron chi connectivity index (χ4n) is 6.52. The summed E-state index contributed by atoms with van der Waals surface area (Å²) in [4.78, 5) is 28.0. The zero-order valence-electron chi connectivity index (χ0n) is 14.8. The van der Waals surface area contributed by atoms with Crippen LogP contribution in [0.25, 0.3) is 0 Å². The lowest BCUT2D eigenvalue weighted by atomic mass is 9.49. The highest BCUT2D eigenvalue weighted by Gasteiger charge is 2.55. The molecule has 4 aliphatic carbocycles. The van der Waals surface area contributed by atoms with Gasteiger partial charge in [0.25, 0.3) is 5.91 Å². The summed E-state index contributed by atoms with van der Waals surface area (Å²) in [6, 6.07) is 7.37. The van der Waals surface area contributed by atoms with Crippen molar-refractivity contribution in [1.29, 1.82) is 0 Å². The lowest BCUT2D eigenvalue weighted by Gasteiger charge is -2.55. The van der Waals surface area contributed by atoms with Gasteiger partial charge in [-0.1, -0.05) is 18.2 Å². The number of carbonyl (C=O) groups excluding carboxylic acids is 2. The molecule has 1 atom stereocenters. The minimum Gasteiger partial charge on any atom is -0.340 e. The second kappa shape index (κ2) is 5.33. The minimum absolute atomic E-state index is 0.0155. The van der Waals surface area contributed by atoms with Crippen molar-refractivity contribution in [3.8, 4) is 0 Å². The molecule has 5 aliphatic rings. The van der Waals surface area contributed by atoms with E-state index in [2.05, 4.69) is 5.32 Å². The number of carbonyl (C=O) groups is 2. The molecule has 1 aliphatic heterocycles. The predicted molar refractivity (Wildman–Crippen MR) is 96.0 cm³/mol. The van der Waals surface area contributed by atoms with Gasteiger partial charge in [0.1, 0.15) is 6.04 Å². The molecule has 4 bridgehead atoms. The van der Waals surface area contributed by atoms with Crippen molar-refractivity contribution in [3.63, 3.8) is 0 Å². The van der Waals surface area contributed by atoms with Gasteiger partial charge in [0.05, 0.1) is 0 Å². The Bertz CT molecular complexity index is 706. The van der Waals surface area contributed by atoms with Gasteiger partial charge in [-0.05, 0) is 69.3 Å². The van der Waals surface area contributed by atoms with Gasteiger partial charge in [-0.3, -0.25) is 9.59 Å². The number of hydrogen-bond acceptors (Lipinski definition) is 2. The number of para-hydroxylation sites is 1. The first-order chi connectivity index (χ1) is 12.1. The van der Waals surface area contributed by atoms with Crippen molar-refractivity contribution in [3.05, 3.63) is 29.8 Å². The number of nitrogens with one attached hydrogen (secondary N) is 1. The number of nitrogens with zero attached hydrogens (tertiary/aromatic N) is 1. The monoisotopic (exact) mass is 338 g/mol. The molecule has 4 nitrogen and oxygen atoms in total. The number of likely N-dealkylation sites (N-methyl/N-ethyl adjacent to an activating group) is 1. The van der Waals surface area contributed by atoms with Gasteiger partial charge in [-0.25, -0.2) is 0 Å². The summed E-state index contributed by atoms with van der Waals surface area (Å²) in [5.41, 5.74) is 1.70. The molecule has 132 valence electrons. The summed E-state index contributed by atoms with van der Waals surface area (Å²) in [5.74, 6) is 2.35. The molecule has 0 unspecified atom stereocenters. The fraction of sp³-hybridized carbons (Fsp3) is 0.619. The summed E-state index contributed by atoms with van der Waals surface area (Å²) in [7, 11) is 0. The highest BCUT2D eigenvalue weighted by Crippen LogP contribution is 2.60. The van der Waals surface area contributed by atoms with Crippen molar-refractivity contribution in [2.75, 3.05) is 11.4 Å². The van der Waals surface area contributed by atoms with E-state index in [1.54, 1.807) is 4.90 Å². The maximum absolute atomic E-state index is 13.3. The summed E-state index contributed by atoms with van der Waals surface area (Å²) in [6.07, 6.45) is 7.06. The number of hydrogen-bond donors (Lipinski definition) is 1. The van der Waals surface area contributed by atoms with Crippen molar-refractivity contribution in [2.24, 2.45) is 23.2 Å². The third-order valence-electron chi connectivity index (χ3n) is 7.16. The lowest BCUT2D eigenvalue weighted by Crippen LogP contribution is -2.54. The third kappa shape index (κ3) is 2.19. The summed E-state index contributed by atoms with van der Waals surface area (Å²) in [6.45, 7) is 2.62. The Labute approximate surface area is 149 Å². The van der Waals surface area contributed by atoms with Crippen LogP contribution in [0, 0.1) is 23.2 Å². The maximum atomic E-state index is 13.3. The first-order valence-corrected chi connectivity index (χ1v) is 9.81. The van der Waals surface area contributed by atoms with E-state index in [0.29, 0.717) is 6.54 Å². The molecule has 4 saturated carbocycles. The van der Waals surface area contributed by atoms with Crippen molar-refractivity contribution < 1.29 is 9.59 Å². The van der Waals surface area contributed by atoms with Crippen LogP contribution in [0.4, 0.5) is 5.69 Å². The van der Waals surface area contributed by atoms with E-state index < -0.39 is 6.04 Å². The van der Waals surface area contributed by atoms with Gasteiger partial charge in [0.15, 0.2) is 0 Å². The maximum Gasteiger partial charge on any atom is 0.254 e. The van der Waals surface area contributed by atoms with Crippen LogP contribution in [0.1, 0.15) is 57.1 Å². The zero-order valence-corrected chi connectivity index (χ0v) is 14.8. The number of amides is 2. The molecular formula is C21H26N2O2. The molecule has 25 heavy (non-hydrogen) atoms. The van der Waals surface area contributed by atoms with Gasteiger partial charge < -0.3 is 10.2 Å². The summed E-state index contributed by atoms with van der Waals surface area (Å²) < 4.78 is 0. The molecule has 0 aromatic heterocycles. The molecule has 1 heterocycles. The van der Waals surface area contributed by atoms with Crippen LogP contribution in [0.3, 0.4) is 0 Å². The quantitative estimate of drug-likeness (QED) is 0.918. The van der Waals surface area contributed by atoms with Crippen molar-refractivity contribution in [2.45, 2.75) is 51.5 Å². The highest BCUT2D eigenvalue weighted by molar-refractivity contribution is 6.06. The van der Waals surface area contributed by atoms with Crippen LogP contribution < -0.4 is 10.2 Å². The topological polar surface area (TPSA) is 49.4 Å². The van der Waals surface area contributed by atoms with E-state index in [4.69, 9.17) is 0 Å². The van der Waals surface area contributed by atoms with Crippen molar-refractivity contribution in [1.82, 2.24) is 5.32 Å². The zero-order chi connectivity index (χ0) is 17.2. The summed E-state index contributed by atoms with van der Waals surface area (Å²) >= 11 is 0. The number of fused-ring (bicyclic) bond motifs is 1. The van der Waals surface area contributed by atoms with Crippen LogP contribution in [0.5, 0.6) is 0 Å². The molecule has 2 amide bonds. The molecule has 1 N–H and O–H groups in total. The van der Waals surface area contributed by atoms with Crippen LogP contribution in [0.2, 0.25) is 0 Å². The fourth-order valence-corrected chi connectivity index (χ4v) is 6.52. The van der Waals surface area contributed by atoms with Crippen LogP contribution in [0.15, 0.2) is 24.3 Å².